The van der Waals surface area contributed by atoms with E-state index in [1.54, 1.807) is 24.6 Å². The summed E-state index contributed by atoms with van der Waals surface area (Å²) in [5.41, 5.74) is 1.98. The van der Waals surface area contributed by atoms with Gasteiger partial charge in [0.2, 0.25) is 0 Å². The van der Waals surface area contributed by atoms with Gasteiger partial charge in [0, 0.05) is 24.7 Å². The highest BCUT2D eigenvalue weighted by Gasteiger charge is 2.13. The molecule has 3 aromatic rings. The van der Waals surface area contributed by atoms with E-state index in [-0.39, 0.29) is 37.2 Å². The highest BCUT2D eigenvalue weighted by Crippen LogP contribution is 2.30. The number of halogens is 3. The molecule has 1 aliphatic heterocycles. The van der Waals surface area contributed by atoms with Gasteiger partial charge in [-0.15, -0.1) is 48.6 Å². The molecular weight excluding hydrogens is 441 g/mol. The van der Waals surface area contributed by atoms with Crippen LogP contribution in [-0.2, 0) is 0 Å². The molecule has 0 atom stereocenters. The van der Waals surface area contributed by atoms with Crippen LogP contribution in [0.2, 0.25) is 0 Å². The molecule has 0 saturated carbocycles. The first-order chi connectivity index (χ1) is 12.3. The maximum absolute atomic E-state index is 5.42. The van der Waals surface area contributed by atoms with E-state index in [9.17, 15) is 0 Å². The molecule has 0 spiro atoms. The normalized spacial score (nSPS) is 12.4. The Hall–Kier alpha value is -1.80. The molecule has 1 fully saturated rings. The van der Waals surface area contributed by atoms with Crippen molar-refractivity contribution in [1.82, 2.24) is 15.0 Å². The summed E-state index contributed by atoms with van der Waals surface area (Å²) in [7, 11) is 1.63. The maximum atomic E-state index is 5.42. The highest BCUT2D eigenvalue weighted by atomic mass is 35.5. The van der Waals surface area contributed by atoms with E-state index in [0.717, 1.165) is 29.6 Å². The lowest BCUT2D eigenvalue weighted by Crippen LogP contribution is -2.17. The third kappa shape index (κ3) is 5.38. The van der Waals surface area contributed by atoms with Crippen LogP contribution >= 0.6 is 48.6 Å². The molecule has 1 N–H and O–H groups in total. The number of ether oxygens (including phenoxy) is 1. The molecule has 6 nitrogen and oxygen atoms in total. The predicted octanol–water partition coefficient (Wildman–Crippen LogP) is 5.22. The molecule has 0 radical (unpaired) electrons. The molecule has 0 aliphatic carbocycles. The van der Waals surface area contributed by atoms with E-state index < -0.39 is 0 Å². The topological polar surface area (TPSA) is 63.2 Å². The van der Waals surface area contributed by atoms with Gasteiger partial charge in [-0.2, -0.15) is 0 Å². The SMILES string of the molecule is COc1ccc(-c2nccs2)nc1Nc1ccc(N2CCCC2)cn1.Cl.Cl.Cl. The van der Waals surface area contributed by atoms with Crippen molar-refractivity contribution < 1.29 is 4.74 Å². The van der Waals surface area contributed by atoms with Crippen molar-refractivity contribution in [3.05, 3.63) is 42.0 Å². The molecule has 152 valence electrons. The smallest absolute Gasteiger partial charge is 0.175 e. The summed E-state index contributed by atoms with van der Waals surface area (Å²) in [5, 5.41) is 6.07. The van der Waals surface area contributed by atoms with E-state index >= 15 is 0 Å². The lowest BCUT2D eigenvalue weighted by atomic mass is 10.3. The number of rotatable bonds is 5. The number of hydrogen-bond donors (Lipinski definition) is 1. The van der Waals surface area contributed by atoms with Gasteiger partial charge >= 0.3 is 0 Å². The molecule has 0 unspecified atom stereocenters. The van der Waals surface area contributed by atoms with Crippen molar-refractivity contribution in [2.75, 3.05) is 30.4 Å². The predicted molar refractivity (Wildman–Crippen MR) is 123 cm³/mol. The lowest BCUT2D eigenvalue weighted by Gasteiger charge is -2.17. The summed E-state index contributed by atoms with van der Waals surface area (Å²) in [6.07, 6.45) is 6.19. The van der Waals surface area contributed by atoms with Crippen molar-refractivity contribution >= 4 is 65.9 Å². The standard InChI is InChI=1S/C18H19N5OS.3ClH/c1-24-15-6-5-14(18-19-8-11-25-18)21-17(15)22-16-7-4-13(12-20-16)23-9-2-3-10-23;;;/h4-8,11-12H,2-3,9-10H2,1H3,(H,20,21,22);3*1H. The van der Waals surface area contributed by atoms with Gasteiger partial charge in [-0.05, 0) is 37.1 Å². The van der Waals surface area contributed by atoms with E-state index in [1.165, 1.54) is 18.5 Å². The second-order valence-corrected chi connectivity index (χ2v) is 6.70. The third-order valence-electron chi connectivity index (χ3n) is 4.20. The molecule has 0 aromatic carbocycles. The fraction of sp³-hybridized carbons (Fsp3) is 0.278. The summed E-state index contributed by atoms with van der Waals surface area (Å²) in [4.78, 5) is 15.8. The molecule has 10 heteroatoms. The van der Waals surface area contributed by atoms with Crippen molar-refractivity contribution in [1.29, 1.82) is 0 Å². The van der Waals surface area contributed by atoms with Crippen molar-refractivity contribution in [2.24, 2.45) is 0 Å². The van der Waals surface area contributed by atoms with Crippen LogP contribution in [0.4, 0.5) is 17.3 Å². The Morgan fingerprint density at radius 2 is 1.82 bits per heavy atom. The minimum atomic E-state index is 0. The number of nitrogens with one attached hydrogen (secondary N) is 1. The minimum absolute atomic E-state index is 0. The Labute approximate surface area is 187 Å². The van der Waals surface area contributed by atoms with Gasteiger partial charge in [-0.25, -0.2) is 15.0 Å². The molecule has 1 aliphatic rings. The number of nitrogens with zero attached hydrogens (tertiary/aromatic N) is 4. The third-order valence-corrected chi connectivity index (χ3v) is 4.99. The average molecular weight is 463 g/mol. The van der Waals surface area contributed by atoms with Gasteiger partial charge in [-0.1, -0.05) is 0 Å². The molecule has 0 amide bonds. The van der Waals surface area contributed by atoms with Crippen LogP contribution in [0.15, 0.2) is 42.0 Å². The van der Waals surface area contributed by atoms with Gasteiger partial charge in [0.25, 0.3) is 0 Å². The van der Waals surface area contributed by atoms with Crippen LogP contribution in [0.25, 0.3) is 10.7 Å². The Morgan fingerprint density at radius 1 is 1.04 bits per heavy atom. The molecule has 0 bridgehead atoms. The highest BCUT2D eigenvalue weighted by molar-refractivity contribution is 7.13. The first-order valence-corrected chi connectivity index (χ1v) is 9.14. The largest absolute Gasteiger partial charge is 0.493 e. The van der Waals surface area contributed by atoms with Gasteiger partial charge < -0.3 is 15.0 Å². The molecule has 4 heterocycles. The second kappa shape index (κ2) is 11.3. The number of pyridine rings is 2. The molecule has 1 saturated heterocycles. The first-order valence-electron chi connectivity index (χ1n) is 8.26. The number of thiazole rings is 1. The van der Waals surface area contributed by atoms with Crippen LogP contribution in [0.3, 0.4) is 0 Å². The fourth-order valence-corrected chi connectivity index (χ4v) is 3.52. The van der Waals surface area contributed by atoms with Crippen LogP contribution in [0, 0.1) is 0 Å². The van der Waals surface area contributed by atoms with Crippen molar-refractivity contribution in [2.45, 2.75) is 12.8 Å². The molecular formula is C18H22Cl3N5OS. The average Bonchev–Trinajstić information content (AvgIpc) is 3.36. The monoisotopic (exact) mass is 461 g/mol. The van der Waals surface area contributed by atoms with Gasteiger partial charge in [-0.3, -0.25) is 0 Å². The van der Waals surface area contributed by atoms with E-state index in [1.807, 2.05) is 29.8 Å². The van der Waals surface area contributed by atoms with Crippen molar-refractivity contribution in [3.8, 4) is 16.5 Å². The molecule has 4 rings (SSSR count). The van der Waals surface area contributed by atoms with E-state index in [2.05, 4.69) is 31.2 Å². The van der Waals surface area contributed by atoms with Crippen molar-refractivity contribution in [3.63, 3.8) is 0 Å². The number of anilines is 3. The van der Waals surface area contributed by atoms with Gasteiger partial charge in [0.05, 0.1) is 19.0 Å². The maximum Gasteiger partial charge on any atom is 0.175 e. The quantitative estimate of drug-likeness (QED) is 0.561. The van der Waals surface area contributed by atoms with Gasteiger partial charge in [0.15, 0.2) is 11.6 Å². The van der Waals surface area contributed by atoms with Gasteiger partial charge in [0.1, 0.15) is 16.5 Å². The van der Waals surface area contributed by atoms with Crippen LogP contribution in [0.1, 0.15) is 12.8 Å². The number of hydrogen-bond acceptors (Lipinski definition) is 7. The van der Waals surface area contributed by atoms with E-state index in [4.69, 9.17) is 4.74 Å². The number of methoxy groups -OCH3 is 1. The fourth-order valence-electron chi connectivity index (χ4n) is 2.91. The first kappa shape index (κ1) is 24.2. The Morgan fingerprint density at radius 3 is 2.43 bits per heavy atom. The summed E-state index contributed by atoms with van der Waals surface area (Å²) in [6, 6.07) is 7.88. The summed E-state index contributed by atoms with van der Waals surface area (Å²) < 4.78 is 5.42. The Bertz CT molecular complexity index is 843. The summed E-state index contributed by atoms with van der Waals surface area (Å²) >= 11 is 1.56. The lowest BCUT2D eigenvalue weighted by molar-refractivity contribution is 0.415. The van der Waals surface area contributed by atoms with Crippen LogP contribution in [-0.4, -0.2) is 35.2 Å². The van der Waals surface area contributed by atoms with E-state index in [0.29, 0.717) is 11.6 Å². The zero-order chi connectivity index (χ0) is 17.1. The zero-order valence-electron chi connectivity index (χ0n) is 15.2. The minimum Gasteiger partial charge on any atom is -0.493 e. The van der Waals surface area contributed by atoms with Crippen LogP contribution < -0.4 is 15.0 Å². The molecule has 3 aromatic heterocycles. The summed E-state index contributed by atoms with van der Waals surface area (Å²) in [5.74, 6) is 2.05. The summed E-state index contributed by atoms with van der Waals surface area (Å²) in [6.45, 7) is 2.22. The second-order valence-electron chi connectivity index (χ2n) is 5.81. The zero-order valence-corrected chi connectivity index (χ0v) is 18.5. The molecule has 28 heavy (non-hydrogen) atoms. The Kier molecular flexibility index (Phi) is 9.75. The number of aromatic nitrogens is 3. The Balaban J connectivity index is 0.00000131. The van der Waals surface area contributed by atoms with Crippen LogP contribution in [0.5, 0.6) is 5.75 Å².